The Morgan fingerprint density at radius 3 is 3.00 bits per heavy atom. The van der Waals surface area contributed by atoms with Crippen LogP contribution in [0.1, 0.15) is 5.56 Å². The second-order valence-electron chi connectivity index (χ2n) is 3.72. The molecule has 1 aliphatic heterocycles. The van der Waals surface area contributed by atoms with Crippen molar-refractivity contribution in [2.24, 2.45) is 0 Å². The predicted molar refractivity (Wildman–Crippen MR) is 66.9 cm³/mol. The van der Waals surface area contributed by atoms with Gasteiger partial charge in [-0.1, -0.05) is 18.2 Å². The number of fused-ring (bicyclic) bond motifs is 1. The van der Waals surface area contributed by atoms with E-state index < -0.39 is 0 Å². The summed E-state index contributed by atoms with van der Waals surface area (Å²) in [5, 5.41) is 0. The molecule has 0 radical (unpaired) electrons. The van der Waals surface area contributed by atoms with E-state index in [1.807, 2.05) is 0 Å². The molecule has 1 aromatic heterocycles. The number of hydrogen-bond donors (Lipinski definition) is 0. The molecule has 0 amide bonds. The van der Waals surface area contributed by atoms with Crippen molar-refractivity contribution >= 4 is 27.4 Å². The molecule has 0 unspecified atom stereocenters. The van der Waals surface area contributed by atoms with Crippen LogP contribution in [-0.2, 0) is 6.42 Å². The summed E-state index contributed by atoms with van der Waals surface area (Å²) in [7, 11) is 0. The number of benzene rings is 1. The Morgan fingerprint density at radius 1 is 1.25 bits per heavy atom. The predicted octanol–water partition coefficient (Wildman–Crippen LogP) is 2.93. The molecule has 16 heavy (non-hydrogen) atoms. The maximum Gasteiger partial charge on any atom is 0.150 e. The zero-order valence-corrected chi connectivity index (χ0v) is 10.2. The van der Waals surface area contributed by atoms with Crippen LogP contribution >= 0.6 is 15.9 Å². The highest BCUT2D eigenvalue weighted by molar-refractivity contribution is 9.10. The molecule has 0 bridgehead atoms. The largest absolute Gasteiger partial charge is 0.325 e. The van der Waals surface area contributed by atoms with Crippen LogP contribution in [-0.4, -0.2) is 16.5 Å². The maximum absolute atomic E-state index is 4.33. The van der Waals surface area contributed by atoms with E-state index in [4.69, 9.17) is 0 Å². The minimum absolute atomic E-state index is 0.937. The first kappa shape index (κ1) is 9.78. The molecule has 0 atom stereocenters. The van der Waals surface area contributed by atoms with Gasteiger partial charge >= 0.3 is 0 Å². The van der Waals surface area contributed by atoms with Gasteiger partial charge in [-0.15, -0.1) is 0 Å². The molecule has 0 spiro atoms. The summed E-state index contributed by atoms with van der Waals surface area (Å²) < 4.78 is 0.937. The van der Waals surface area contributed by atoms with E-state index in [1.165, 1.54) is 11.3 Å². The highest BCUT2D eigenvalue weighted by Gasteiger charge is 2.22. The lowest BCUT2D eigenvalue weighted by Gasteiger charge is -2.18. The highest BCUT2D eigenvalue weighted by atomic mass is 79.9. The first-order chi connectivity index (χ1) is 7.86. The summed E-state index contributed by atoms with van der Waals surface area (Å²) in [5.74, 6) is 0.944. The number of halogens is 1. The van der Waals surface area contributed by atoms with Crippen molar-refractivity contribution in [3.8, 4) is 0 Å². The minimum Gasteiger partial charge on any atom is -0.325 e. The molecule has 0 saturated heterocycles. The number of hydrogen-bond acceptors (Lipinski definition) is 3. The lowest BCUT2D eigenvalue weighted by Crippen LogP contribution is -2.15. The van der Waals surface area contributed by atoms with Crippen LogP contribution in [0.2, 0.25) is 0 Å². The number of rotatable bonds is 1. The number of aromatic nitrogens is 2. The van der Waals surface area contributed by atoms with Crippen LogP contribution < -0.4 is 4.90 Å². The zero-order chi connectivity index (χ0) is 11.0. The van der Waals surface area contributed by atoms with Crippen LogP contribution in [0.3, 0.4) is 0 Å². The van der Waals surface area contributed by atoms with Gasteiger partial charge in [0.1, 0.15) is 6.33 Å². The fourth-order valence-electron chi connectivity index (χ4n) is 2.06. The highest BCUT2D eigenvalue weighted by Crippen LogP contribution is 2.35. The third-order valence-corrected chi connectivity index (χ3v) is 3.35. The average molecular weight is 276 g/mol. The third kappa shape index (κ3) is 1.50. The summed E-state index contributed by atoms with van der Waals surface area (Å²) >= 11 is 3.49. The second-order valence-corrected chi connectivity index (χ2v) is 4.58. The molecule has 80 valence electrons. The van der Waals surface area contributed by atoms with Crippen molar-refractivity contribution in [1.29, 1.82) is 0 Å². The Hall–Kier alpha value is -1.42. The van der Waals surface area contributed by atoms with E-state index in [0.29, 0.717) is 0 Å². The van der Waals surface area contributed by atoms with Crippen LogP contribution in [0, 0.1) is 0 Å². The summed E-state index contributed by atoms with van der Waals surface area (Å²) in [4.78, 5) is 10.5. The number of anilines is 2. The summed E-state index contributed by atoms with van der Waals surface area (Å²) in [6, 6.07) is 8.45. The molecule has 2 aromatic rings. The molecule has 2 heterocycles. The lowest BCUT2D eigenvalue weighted by molar-refractivity contribution is 0.959. The first-order valence-corrected chi connectivity index (χ1v) is 5.96. The topological polar surface area (TPSA) is 29.0 Å². The molecule has 3 nitrogen and oxygen atoms in total. The normalized spacial score (nSPS) is 13.9. The van der Waals surface area contributed by atoms with Crippen molar-refractivity contribution in [3.05, 3.63) is 46.8 Å². The van der Waals surface area contributed by atoms with Crippen molar-refractivity contribution in [2.45, 2.75) is 6.42 Å². The van der Waals surface area contributed by atoms with Gasteiger partial charge in [0.15, 0.2) is 5.82 Å². The molecule has 1 aromatic carbocycles. The van der Waals surface area contributed by atoms with E-state index in [-0.39, 0.29) is 0 Å². The summed E-state index contributed by atoms with van der Waals surface area (Å²) in [5.41, 5.74) is 2.63. The van der Waals surface area contributed by atoms with E-state index in [9.17, 15) is 0 Å². The molecular formula is C12H10BrN3. The minimum atomic E-state index is 0.937. The first-order valence-electron chi connectivity index (χ1n) is 5.17. The second kappa shape index (κ2) is 3.87. The van der Waals surface area contributed by atoms with Gasteiger partial charge in [-0.2, -0.15) is 0 Å². The lowest BCUT2D eigenvalue weighted by atomic mass is 10.2. The number of para-hydroxylation sites is 1. The smallest absolute Gasteiger partial charge is 0.150 e. The van der Waals surface area contributed by atoms with Gasteiger partial charge in [0.25, 0.3) is 0 Å². The van der Waals surface area contributed by atoms with Gasteiger partial charge < -0.3 is 4.90 Å². The Kier molecular flexibility index (Phi) is 2.36. The standard InChI is InChI=1S/C12H10BrN3/c13-10-7-14-8-15-12(10)16-6-5-9-3-1-2-4-11(9)16/h1-4,7-8H,5-6H2. The molecule has 4 heteroatoms. The fourth-order valence-corrected chi connectivity index (χ4v) is 2.50. The van der Waals surface area contributed by atoms with Crippen molar-refractivity contribution in [3.63, 3.8) is 0 Å². The van der Waals surface area contributed by atoms with Crippen LogP contribution in [0.5, 0.6) is 0 Å². The average Bonchev–Trinajstić information content (AvgIpc) is 2.74. The molecule has 1 aliphatic rings. The SMILES string of the molecule is Brc1cncnc1N1CCc2ccccc21. The molecule has 0 N–H and O–H groups in total. The summed E-state index contributed by atoms with van der Waals surface area (Å²) in [6.45, 7) is 0.981. The van der Waals surface area contributed by atoms with E-state index in [2.05, 4.69) is 55.1 Å². The molecular weight excluding hydrogens is 266 g/mol. The van der Waals surface area contributed by atoms with Crippen LogP contribution in [0.25, 0.3) is 0 Å². The Balaban J connectivity index is 2.08. The monoisotopic (exact) mass is 275 g/mol. The van der Waals surface area contributed by atoms with Gasteiger partial charge in [-0.3, -0.25) is 0 Å². The summed E-state index contributed by atoms with van der Waals surface area (Å²) in [6.07, 6.45) is 4.44. The molecule has 0 fully saturated rings. The van der Waals surface area contributed by atoms with Crippen LogP contribution in [0.15, 0.2) is 41.3 Å². The van der Waals surface area contributed by atoms with Crippen molar-refractivity contribution in [1.82, 2.24) is 9.97 Å². The van der Waals surface area contributed by atoms with Gasteiger partial charge in [0.05, 0.1) is 4.47 Å². The quantitative estimate of drug-likeness (QED) is 0.802. The van der Waals surface area contributed by atoms with Crippen molar-refractivity contribution in [2.75, 3.05) is 11.4 Å². The van der Waals surface area contributed by atoms with Crippen molar-refractivity contribution < 1.29 is 0 Å². The Bertz CT molecular complexity index is 527. The zero-order valence-electron chi connectivity index (χ0n) is 8.60. The maximum atomic E-state index is 4.33. The van der Waals surface area contributed by atoms with Gasteiger partial charge in [0, 0.05) is 18.4 Å². The molecule has 3 rings (SSSR count). The van der Waals surface area contributed by atoms with Gasteiger partial charge in [0.2, 0.25) is 0 Å². The Labute approximate surface area is 102 Å². The molecule has 0 aliphatic carbocycles. The van der Waals surface area contributed by atoms with E-state index in [1.54, 1.807) is 12.5 Å². The van der Waals surface area contributed by atoms with Gasteiger partial charge in [-0.25, -0.2) is 9.97 Å². The van der Waals surface area contributed by atoms with Gasteiger partial charge in [-0.05, 0) is 34.0 Å². The number of nitrogens with zero attached hydrogens (tertiary/aromatic N) is 3. The van der Waals surface area contributed by atoms with E-state index >= 15 is 0 Å². The van der Waals surface area contributed by atoms with Crippen LogP contribution in [0.4, 0.5) is 11.5 Å². The molecule has 0 saturated carbocycles. The van der Waals surface area contributed by atoms with E-state index in [0.717, 1.165) is 23.3 Å². The third-order valence-electron chi connectivity index (χ3n) is 2.79. The fraction of sp³-hybridized carbons (Fsp3) is 0.167. The Morgan fingerprint density at radius 2 is 2.12 bits per heavy atom.